The van der Waals surface area contributed by atoms with Gasteiger partial charge in [-0.1, -0.05) is 13.0 Å². The summed E-state index contributed by atoms with van der Waals surface area (Å²) in [4.78, 5) is 12.3. The Labute approximate surface area is 83.8 Å². The van der Waals surface area contributed by atoms with Crippen molar-refractivity contribution < 1.29 is 15.0 Å². The highest BCUT2D eigenvalue weighted by atomic mass is 16.4. The van der Waals surface area contributed by atoms with E-state index in [9.17, 15) is 9.90 Å². The third-order valence-corrected chi connectivity index (χ3v) is 2.63. The normalized spacial score (nSPS) is 29.6. The molecule has 1 fully saturated rings. The minimum Gasteiger partial charge on any atom is -0.478 e. The van der Waals surface area contributed by atoms with Crippen molar-refractivity contribution in [2.75, 3.05) is 19.6 Å². The van der Waals surface area contributed by atoms with Crippen molar-refractivity contribution in [2.24, 2.45) is 5.92 Å². The first-order chi connectivity index (χ1) is 6.59. The Morgan fingerprint density at radius 2 is 2.36 bits per heavy atom. The van der Waals surface area contributed by atoms with Gasteiger partial charge in [-0.15, -0.1) is 0 Å². The van der Waals surface area contributed by atoms with E-state index < -0.39 is 5.97 Å². The molecular formula is C10H17NO3. The zero-order valence-corrected chi connectivity index (χ0v) is 8.39. The molecule has 0 spiro atoms. The average molecular weight is 199 g/mol. The molecule has 0 saturated carbocycles. The van der Waals surface area contributed by atoms with E-state index in [4.69, 9.17) is 5.11 Å². The summed E-state index contributed by atoms with van der Waals surface area (Å²) in [5.41, 5.74) is 0. The lowest BCUT2D eigenvalue weighted by Gasteiger charge is -2.33. The van der Waals surface area contributed by atoms with Gasteiger partial charge in [-0.2, -0.15) is 0 Å². The number of aliphatic hydroxyl groups is 1. The molecular weight excluding hydrogens is 182 g/mol. The van der Waals surface area contributed by atoms with Gasteiger partial charge in [0.05, 0.1) is 6.10 Å². The van der Waals surface area contributed by atoms with Crippen molar-refractivity contribution in [1.82, 2.24) is 4.90 Å². The monoisotopic (exact) mass is 199 g/mol. The van der Waals surface area contributed by atoms with Crippen LogP contribution in [0.1, 0.15) is 13.3 Å². The number of carboxylic acids is 1. The zero-order chi connectivity index (χ0) is 10.6. The number of piperidine rings is 1. The first-order valence-electron chi connectivity index (χ1n) is 4.89. The highest BCUT2D eigenvalue weighted by Gasteiger charge is 2.23. The van der Waals surface area contributed by atoms with Crippen LogP contribution in [0.15, 0.2) is 12.2 Å². The maximum Gasteiger partial charge on any atom is 0.328 e. The number of carbonyl (C=O) groups is 1. The molecule has 1 aliphatic rings. The standard InChI is InChI=1S/C10H17NO3/c1-8-4-6-11(7-9(8)12)5-2-3-10(13)14/h2-3,8-9,12H,4-7H2,1H3,(H,13,14)/b3-2+. The van der Waals surface area contributed by atoms with Gasteiger partial charge >= 0.3 is 5.97 Å². The molecule has 1 saturated heterocycles. The number of aliphatic carboxylic acids is 1. The second kappa shape index (κ2) is 5.12. The van der Waals surface area contributed by atoms with Crippen LogP contribution in [-0.4, -0.2) is 46.8 Å². The molecule has 1 heterocycles. The zero-order valence-electron chi connectivity index (χ0n) is 8.39. The van der Waals surface area contributed by atoms with E-state index >= 15 is 0 Å². The van der Waals surface area contributed by atoms with Crippen LogP contribution in [-0.2, 0) is 4.79 Å². The number of carboxylic acid groups (broad SMARTS) is 1. The van der Waals surface area contributed by atoms with Crippen LogP contribution >= 0.6 is 0 Å². The lowest BCUT2D eigenvalue weighted by Crippen LogP contribution is -2.42. The summed E-state index contributed by atoms with van der Waals surface area (Å²) < 4.78 is 0. The van der Waals surface area contributed by atoms with Crippen LogP contribution in [0.2, 0.25) is 0 Å². The smallest absolute Gasteiger partial charge is 0.328 e. The third kappa shape index (κ3) is 3.47. The summed E-state index contributed by atoms with van der Waals surface area (Å²) in [6, 6.07) is 0. The van der Waals surface area contributed by atoms with Gasteiger partial charge in [-0.3, -0.25) is 4.90 Å². The number of rotatable bonds is 3. The second-order valence-corrected chi connectivity index (χ2v) is 3.83. The summed E-state index contributed by atoms with van der Waals surface area (Å²) in [6.45, 7) is 4.22. The largest absolute Gasteiger partial charge is 0.478 e. The Kier molecular flexibility index (Phi) is 4.10. The summed E-state index contributed by atoms with van der Waals surface area (Å²) >= 11 is 0. The molecule has 0 aromatic heterocycles. The molecule has 14 heavy (non-hydrogen) atoms. The van der Waals surface area contributed by atoms with Crippen molar-refractivity contribution in [3.8, 4) is 0 Å². The van der Waals surface area contributed by atoms with Gasteiger partial charge in [0.15, 0.2) is 0 Å². The molecule has 2 atom stereocenters. The number of hydrogen-bond acceptors (Lipinski definition) is 3. The summed E-state index contributed by atoms with van der Waals surface area (Å²) in [6.07, 6.45) is 3.46. The van der Waals surface area contributed by atoms with E-state index in [-0.39, 0.29) is 6.10 Å². The fourth-order valence-corrected chi connectivity index (χ4v) is 1.58. The fourth-order valence-electron chi connectivity index (χ4n) is 1.58. The third-order valence-electron chi connectivity index (χ3n) is 2.63. The first kappa shape index (κ1) is 11.2. The van der Waals surface area contributed by atoms with E-state index in [1.807, 2.05) is 6.92 Å². The summed E-state index contributed by atoms with van der Waals surface area (Å²) in [7, 11) is 0. The fraction of sp³-hybridized carbons (Fsp3) is 0.700. The Hall–Kier alpha value is -0.870. The van der Waals surface area contributed by atoms with Gasteiger partial charge in [0.1, 0.15) is 0 Å². The molecule has 1 rings (SSSR count). The van der Waals surface area contributed by atoms with Crippen LogP contribution in [0.3, 0.4) is 0 Å². The molecule has 2 N–H and O–H groups in total. The van der Waals surface area contributed by atoms with Crippen molar-refractivity contribution in [3.63, 3.8) is 0 Å². The van der Waals surface area contributed by atoms with Gasteiger partial charge in [0.2, 0.25) is 0 Å². The average Bonchev–Trinajstić information content (AvgIpc) is 2.10. The van der Waals surface area contributed by atoms with Crippen LogP contribution in [0.25, 0.3) is 0 Å². The maximum atomic E-state index is 10.2. The molecule has 2 unspecified atom stereocenters. The molecule has 4 nitrogen and oxygen atoms in total. The number of hydrogen-bond donors (Lipinski definition) is 2. The van der Waals surface area contributed by atoms with E-state index in [1.54, 1.807) is 6.08 Å². The maximum absolute atomic E-state index is 10.2. The molecule has 0 bridgehead atoms. The van der Waals surface area contributed by atoms with E-state index in [0.29, 0.717) is 19.0 Å². The molecule has 0 aromatic carbocycles. The molecule has 4 heteroatoms. The second-order valence-electron chi connectivity index (χ2n) is 3.83. The van der Waals surface area contributed by atoms with Crippen LogP contribution in [0.4, 0.5) is 0 Å². The molecule has 0 radical (unpaired) electrons. The van der Waals surface area contributed by atoms with Gasteiger partial charge in [0, 0.05) is 19.2 Å². The SMILES string of the molecule is CC1CCN(C/C=C/C(=O)O)CC1O. The van der Waals surface area contributed by atoms with E-state index in [1.165, 1.54) is 0 Å². The molecule has 80 valence electrons. The molecule has 0 amide bonds. The van der Waals surface area contributed by atoms with Crippen molar-refractivity contribution in [3.05, 3.63) is 12.2 Å². The van der Waals surface area contributed by atoms with Crippen molar-refractivity contribution in [1.29, 1.82) is 0 Å². The van der Waals surface area contributed by atoms with Gasteiger partial charge in [-0.05, 0) is 18.9 Å². The quantitative estimate of drug-likeness (QED) is 0.643. The number of nitrogens with zero attached hydrogens (tertiary/aromatic N) is 1. The molecule has 1 aliphatic heterocycles. The summed E-state index contributed by atoms with van der Waals surface area (Å²) in [5, 5.41) is 18.0. The first-order valence-corrected chi connectivity index (χ1v) is 4.89. The Bertz CT molecular complexity index is 227. The van der Waals surface area contributed by atoms with Crippen molar-refractivity contribution in [2.45, 2.75) is 19.4 Å². The highest BCUT2D eigenvalue weighted by molar-refractivity contribution is 5.79. The number of likely N-dealkylation sites (tertiary alicyclic amines) is 1. The van der Waals surface area contributed by atoms with Gasteiger partial charge < -0.3 is 10.2 Å². The minimum absolute atomic E-state index is 0.276. The summed E-state index contributed by atoms with van der Waals surface area (Å²) in [5.74, 6) is -0.564. The predicted octanol–water partition coefficient (Wildman–Crippen LogP) is 0.330. The van der Waals surface area contributed by atoms with Crippen LogP contribution in [0.5, 0.6) is 0 Å². The lowest BCUT2D eigenvalue weighted by atomic mass is 9.96. The highest BCUT2D eigenvalue weighted by Crippen LogP contribution is 2.16. The number of β-amino-alcohol motifs (C(OH)–C–C–N with tert-alkyl or cyclic N) is 1. The number of aliphatic hydroxyl groups excluding tert-OH is 1. The van der Waals surface area contributed by atoms with Gasteiger partial charge in [0.25, 0.3) is 0 Å². The van der Waals surface area contributed by atoms with E-state index in [0.717, 1.165) is 19.0 Å². The Morgan fingerprint density at radius 1 is 1.64 bits per heavy atom. The van der Waals surface area contributed by atoms with Crippen LogP contribution in [0, 0.1) is 5.92 Å². The topological polar surface area (TPSA) is 60.8 Å². The minimum atomic E-state index is -0.920. The molecule has 0 aromatic rings. The van der Waals surface area contributed by atoms with Gasteiger partial charge in [-0.25, -0.2) is 4.79 Å². The Balaban J connectivity index is 2.30. The Morgan fingerprint density at radius 3 is 2.93 bits per heavy atom. The van der Waals surface area contributed by atoms with E-state index in [2.05, 4.69) is 4.90 Å². The lowest BCUT2D eigenvalue weighted by molar-refractivity contribution is -0.131. The predicted molar refractivity (Wildman–Crippen MR) is 53.0 cm³/mol. The van der Waals surface area contributed by atoms with Crippen LogP contribution < -0.4 is 0 Å². The van der Waals surface area contributed by atoms with Crippen molar-refractivity contribution >= 4 is 5.97 Å². The molecule has 0 aliphatic carbocycles.